The molecule has 218 valence electrons. The van der Waals surface area contributed by atoms with Crippen LogP contribution in [-0.4, -0.2) is 57.4 Å². The summed E-state index contributed by atoms with van der Waals surface area (Å²) >= 11 is 1.59. The summed E-state index contributed by atoms with van der Waals surface area (Å²) < 4.78 is 0. The Bertz CT molecular complexity index is 1380. The molecule has 4 rings (SSSR count). The van der Waals surface area contributed by atoms with Gasteiger partial charge in [0.2, 0.25) is 17.7 Å². The third kappa shape index (κ3) is 7.59. The lowest BCUT2D eigenvalue weighted by atomic mass is 9.85. The maximum absolute atomic E-state index is 13.8. The highest BCUT2D eigenvalue weighted by molar-refractivity contribution is 7.13. The fraction of sp³-hybridized carbons (Fsp3) is 0.438. The molecule has 1 aliphatic rings. The largest absolute Gasteiger partial charge is 0.391 e. The molecule has 1 aliphatic heterocycles. The molecule has 3 N–H and O–H groups in total. The predicted molar refractivity (Wildman–Crippen MR) is 161 cm³/mol. The molecule has 3 aromatic rings. The van der Waals surface area contributed by atoms with Crippen LogP contribution in [0.4, 0.5) is 0 Å². The van der Waals surface area contributed by atoms with Crippen molar-refractivity contribution in [1.29, 1.82) is 0 Å². The summed E-state index contributed by atoms with van der Waals surface area (Å²) in [5, 5.41) is 16.3. The van der Waals surface area contributed by atoms with Gasteiger partial charge < -0.3 is 20.6 Å². The number of aromatic nitrogens is 1. The first-order valence-corrected chi connectivity index (χ1v) is 14.9. The van der Waals surface area contributed by atoms with Gasteiger partial charge in [0.25, 0.3) is 0 Å². The van der Waals surface area contributed by atoms with Crippen molar-refractivity contribution in [1.82, 2.24) is 20.5 Å². The molecule has 3 atom stereocenters. The summed E-state index contributed by atoms with van der Waals surface area (Å²) in [6.45, 7) is 9.99. The molecular formula is C32H40N4O4S. The molecule has 2 aromatic carbocycles. The summed E-state index contributed by atoms with van der Waals surface area (Å²) in [6.07, 6.45) is 0.161. The Morgan fingerprint density at radius 2 is 1.80 bits per heavy atom. The van der Waals surface area contributed by atoms with Crippen LogP contribution in [0.3, 0.4) is 0 Å². The number of hydrogen-bond acceptors (Lipinski definition) is 6. The lowest BCUT2D eigenvalue weighted by Gasteiger charge is -2.35. The molecule has 0 aliphatic carbocycles. The van der Waals surface area contributed by atoms with Gasteiger partial charge in [-0.2, -0.15) is 0 Å². The molecule has 0 saturated carbocycles. The zero-order valence-electron chi connectivity index (χ0n) is 24.4. The monoisotopic (exact) mass is 576 g/mol. The van der Waals surface area contributed by atoms with Gasteiger partial charge in [0, 0.05) is 25.9 Å². The minimum absolute atomic E-state index is 0.0471. The van der Waals surface area contributed by atoms with Gasteiger partial charge in [-0.05, 0) is 47.9 Å². The average Bonchev–Trinajstić information content (AvgIpc) is 3.54. The van der Waals surface area contributed by atoms with E-state index >= 15 is 0 Å². The molecule has 1 saturated heterocycles. The molecule has 0 bridgehead atoms. The van der Waals surface area contributed by atoms with Crippen LogP contribution in [-0.2, 0) is 27.3 Å². The standard InChI is InChI=1S/C32H40N4O4S/c1-20-8-6-7-9-23(20)14-15-27(38)35-29(32(3,4)5)31(40)36-18-25(37)16-26(36)30(39)33-17-22-10-12-24(13-11-22)28-21(2)34-19-41-28/h6-13,19,25-26,29,37H,14-18H2,1-5H3,(H,33,39)(H,35,38)/t25-,26+,29-/m1/s1. The third-order valence-electron chi connectivity index (χ3n) is 7.59. The van der Waals surface area contributed by atoms with E-state index in [4.69, 9.17) is 0 Å². The number of aliphatic hydroxyl groups excluding tert-OH is 1. The number of thiazole rings is 1. The SMILES string of the molecule is Cc1ccccc1CCC(=O)N[C@H](C(=O)N1C[C@H](O)C[C@H]1C(=O)NCc1ccc(-c2scnc2C)cc1)C(C)(C)C. The second-order valence-electron chi connectivity index (χ2n) is 11.9. The van der Waals surface area contributed by atoms with Crippen molar-refractivity contribution < 1.29 is 19.5 Å². The third-order valence-corrected chi connectivity index (χ3v) is 8.57. The molecule has 1 aromatic heterocycles. The Morgan fingerprint density at radius 1 is 1.10 bits per heavy atom. The molecule has 9 heteroatoms. The topological polar surface area (TPSA) is 112 Å². The van der Waals surface area contributed by atoms with Crippen LogP contribution in [0.2, 0.25) is 0 Å². The van der Waals surface area contributed by atoms with Crippen LogP contribution in [0.25, 0.3) is 10.4 Å². The number of β-amino-alcohol motifs (C(OH)–C–C–N with tert-alkyl or cyclic N) is 1. The smallest absolute Gasteiger partial charge is 0.246 e. The van der Waals surface area contributed by atoms with Crippen molar-refractivity contribution in [3.8, 4) is 10.4 Å². The van der Waals surface area contributed by atoms with Crippen molar-refractivity contribution in [2.45, 2.75) is 78.6 Å². The van der Waals surface area contributed by atoms with E-state index in [2.05, 4.69) is 15.6 Å². The first-order chi connectivity index (χ1) is 19.4. The highest BCUT2D eigenvalue weighted by Gasteiger charge is 2.44. The van der Waals surface area contributed by atoms with Crippen LogP contribution in [0.5, 0.6) is 0 Å². The molecule has 41 heavy (non-hydrogen) atoms. The number of aryl methyl sites for hydroxylation is 3. The molecule has 2 heterocycles. The number of likely N-dealkylation sites (tertiary alicyclic amines) is 1. The van der Waals surface area contributed by atoms with E-state index in [0.29, 0.717) is 13.0 Å². The lowest BCUT2D eigenvalue weighted by molar-refractivity contribution is -0.144. The van der Waals surface area contributed by atoms with Crippen molar-refractivity contribution in [2.24, 2.45) is 5.41 Å². The number of carbonyl (C=O) groups excluding carboxylic acids is 3. The minimum Gasteiger partial charge on any atom is -0.391 e. The summed E-state index contributed by atoms with van der Waals surface area (Å²) in [7, 11) is 0. The zero-order chi connectivity index (χ0) is 29.7. The number of carbonyl (C=O) groups is 3. The number of nitrogens with one attached hydrogen (secondary N) is 2. The van der Waals surface area contributed by atoms with E-state index < -0.39 is 23.6 Å². The van der Waals surface area contributed by atoms with Crippen molar-refractivity contribution in [3.63, 3.8) is 0 Å². The maximum Gasteiger partial charge on any atom is 0.246 e. The quantitative estimate of drug-likeness (QED) is 0.354. The van der Waals surface area contributed by atoms with Crippen molar-refractivity contribution in [2.75, 3.05) is 6.54 Å². The Kier molecular flexibility index (Phi) is 9.60. The molecule has 3 amide bonds. The number of rotatable bonds is 9. The highest BCUT2D eigenvalue weighted by Crippen LogP contribution is 2.28. The van der Waals surface area contributed by atoms with E-state index in [9.17, 15) is 19.5 Å². The number of hydrogen-bond donors (Lipinski definition) is 3. The first-order valence-electron chi connectivity index (χ1n) is 14.0. The van der Waals surface area contributed by atoms with Gasteiger partial charge in [-0.15, -0.1) is 11.3 Å². The predicted octanol–water partition coefficient (Wildman–Crippen LogP) is 4.17. The van der Waals surface area contributed by atoms with Crippen LogP contribution in [0.15, 0.2) is 54.0 Å². The molecular weight excluding hydrogens is 536 g/mol. The fourth-order valence-electron chi connectivity index (χ4n) is 5.15. The molecule has 0 spiro atoms. The summed E-state index contributed by atoms with van der Waals surface area (Å²) in [5.74, 6) is -0.905. The second kappa shape index (κ2) is 13.0. The van der Waals surface area contributed by atoms with Gasteiger partial charge in [0.05, 0.1) is 22.2 Å². The first kappa shape index (κ1) is 30.4. The second-order valence-corrected chi connectivity index (χ2v) is 12.7. The van der Waals surface area contributed by atoms with Crippen molar-refractivity contribution in [3.05, 3.63) is 76.4 Å². The molecule has 1 fully saturated rings. The molecule has 8 nitrogen and oxygen atoms in total. The van der Waals surface area contributed by atoms with Gasteiger partial charge in [0.1, 0.15) is 12.1 Å². The van der Waals surface area contributed by atoms with Crippen LogP contribution >= 0.6 is 11.3 Å². The van der Waals surface area contributed by atoms with Gasteiger partial charge in [0.15, 0.2) is 0 Å². The average molecular weight is 577 g/mol. The Labute approximate surface area is 246 Å². The summed E-state index contributed by atoms with van der Waals surface area (Å²) in [6, 6.07) is 14.2. The van der Waals surface area contributed by atoms with Gasteiger partial charge in [-0.25, -0.2) is 4.98 Å². The Hall–Kier alpha value is -3.56. The molecule has 0 unspecified atom stereocenters. The number of amides is 3. The van der Waals surface area contributed by atoms with Crippen LogP contribution in [0, 0.1) is 19.3 Å². The highest BCUT2D eigenvalue weighted by atomic mass is 32.1. The lowest BCUT2D eigenvalue weighted by Crippen LogP contribution is -2.57. The van der Waals surface area contributed by atoms with E-state index in [0.717, 1.165) is 32.8 Å². The molecule has 0 radical (unpaired) electrons. The van der Waals surface area contributed by atoms with E-state index in [-0.39, 0.29) is 37.1 Å². The Balaban J connectivity index is 1.39. The Morgan fingerprint density at radius 3 is 2.44 bits per heavy atom. The number of benzene rings is 2. The van der Waals surface area contributed by atoms with E-state index in [1.54, 1.807) is 11.3 Å². The minimum atomic E-state index is -0.838. The van der Waals surface area contributed by atoms with Gasteiger partial charge >= 0.3 is 0 Å². The summed E-state index contributed by atoms with van der Waals surface area (Å²) in [4.78, 5) is 46.8. The van der Waals surface area contributed by atoms with Crippen LogP contribution < -0.4 is 10.6 Å². The fourth-order valence-corrected chi connectivity index (χ4v) is 5.96. The number of nitrogens with zero attached hydrogens (tertiary/aromatic N) is 2. The van der Waals surface area contributed by atoms with E-state index in [1.807, 2.05) is 88.7 Å². The van der Waals surface area contributed by atoms with Crippen LogP contribution in [0.1, 0.15) is 56.0 Å². The maximum atomic E-state index is 13.8. The van der Waals surface area contributed by atoms with Crippen molar-refractivity contribution >= 4 is 29.1 Å². The van der Waals surface area contributed by atoms with Gasteiger partial charge in [-0.3, -0.25) is 14.4 Å². The normalized spacial score (nSPS) is 17.8. The number of aliphatic hydroxyl groups is 1. The van der Waals surface area contributed by atoms with E-state index in [1.165, 1.54) is 4.90 Å². The summed E-state index contributed by atoms with van der Waals surface area (Å²) in [5.41, 5.74) is 6.42. The zero-order valence-corrected chi connectivity index (χ0v) is 25.3. The van der Waals surface area contributed by atoms with Gasteiger partial charge in [-0.1, -0.05) is 69.3 Å².